The van der Waals surface area contributed by atoms with E-state index in [-0.39, 0.29) is 10.8 Å². The topological polar surface area (TPSA) is 8.17 Å². The number of anilines is 3. The Kier molecular flexibility index (Phi) is 7.59. The predicted molar refractivity (Wildman–Crippen MR) is 244 cm³/mol. The number of hydrogen-bond donors (Lipinski definition) is 0. The lowest BCUT2D eigenvalue weighted by Gasteiger charge is -2.29. The Hall–Kier alpha value is -6.90. The van der Waals surface area contributed by atoms with Crippen LogP contribution in [0.3, 0.4) is 0 Å². The van der Waals surface area contributed by atoms with E-state index >= 15 is 0 Å². The molecule has 0 saturated heterocycles. The lowest BCUT2D eigenvalue weighted by molar-refractivity contribution is 0.660. The van der Waals surface area contributed by atoms with Crippen LogP contribution in [0.2, 0.25) is 0 Å². The van der Waals surface area contributed by atoms with Gasteiger partial charge in [0.2, 0.25) is 0 Å². The third-order valence-electron chi connectivity index (χ3n) is 13.0. The van der Waals surface area contributed by atoms with E-state index in [1.807, 2.05) is 0 Å². The highest BCUT2D eigenvalue weighted by atomic mass is 15.1. The molecule has 0 fully saturated rings. The van der Waals surface area contributed by atoms with Crippen LogP contribution < -0.4 is 4.90 Å². The number of aromatic nitrogens is 1. The molecule has 1 aromatic heterocycles. The van der Waals surface area contributed by atoms with Crippen molar-refractivity contribution < 1.29 is 0 Å². The molecule has 0 N–H and O–H groups in total. The maximum atomic E-state index is 2.50. The van der Waals surface area contributed by atoms with E-state index in [4.69, 9.17) is 0 Å². The normalized spacial score (nSPS) is 14.1. The lowest BCUT2D eigenvalue weighted by atomic mass is 9.81. The van der Waals surface area contributed by atoms with Gasteiger partial charge in [-0.05, 0) is 110 Å². The van der Waals surface area contributed by atoms with Gasteiger partial charge in [-0.2, -0.15) is 0 Å². The summed E-state index contributed by atoms with van der Waals surface area (Å²) in [5.74, 6) is 0. The number of rotatable bonds is 6. The summed E-state index contributed by atoms with van der Waals surface area (Å²) in [6, 6.07) is 71.6. The van der Waals surface area contributed by atoms with E-state index in [0.29, 0.717) is 0 Å². The molecule has 0 saturated carbocycles. The number of nitrogens with zero attached hydrogens (tertiary/aromatic N) is 2. The zero-order chi connectivity index (χ0) is 39.2. The number of benzene rings is 8. The summed E-state index contributed by atoms with van der Waals surface area (Å²) in [6.07, 6.45) is 0. The van der Waals surface area contributed by atoms with Crippen molar-refractivity contribution in [1.29, 1.82) is 0 Å². The lowest BCUT2D eigenvalue weighted by Crippen LogP contribution is -2.17. The van der Waals surface area contributed by atoms with Crippen LogP contribution in [0.25, 0.3) is 61.2 Å². The molecule has 1 heterocycles. The quantitative estimate of drug-likeness (QED) is 0.165. The van der Waals surface area contributed by atoms with Gasteiger partial charge in [0.1, 0.15) is 0 Å². The zero-order valence-electron chi connectivity index (χ0n) is 33.4. The minimum absolute atomic E-state index is 0.112. The first kappa shape index (κ1) is 34.4. The van der Waals surface area contributed by atoms with Crippen LogP contribution in [0.1, 0.15) is 49.9 Å². The average Bonchev–Trinajstić information content (AvgIpc) is 3.82. The van der Waals surface area contributed by atoms with Gasteiger partial charge in [0, 0.05) is 44.5 Å². The fraction of sp³-hybridized carbons (Fsp3) is 0.107. The monoisotopic (exact) mass is 744 g/mol. The molecular formula is C56H44N2. The second-order valence-electron chi connectivity index (χ2n) is 17.0. The van der Waals surface area contributed by atoms with Crippen LogP contribution >= 0.6 is 0 Å². The Bertz CT molecular complexity index is 3020. The second kappa shape index (κ2) is 12.8. The van der Waals surface area contributed by atoms with Crippen LogP contribution in [0.15, 0.2) is 194 Å². The summed E-state index contributed by atoms with van der Waals surface area (Å²) in [7, 11) is 0. The Morgan fingerprint density at radius 3 is 1.52 bits per heavy atom. The molecule has 11 rings (SSSR count). The summed E-state index contributed by atoms with van der Waals surface area (Å²) in [5, 5.41) is 1.28. The summed E-state index contributed by atoms with van der Waals surface area (Å²) in [6.45, 7) is 9.52. The summed E-state index contributed by atoms with van der Waals surface area (Å²) < 4.78 is 2.50. The fourth-order valence-electron chi connectivity index (χ4n) is 10.1. The van der Waals surface area contributed by atoms with Gasteiger partial charge in [-0.25, -0.2) is 0 Å². The summed E-state index contributed by atoms with van der Waals surface area (Å²) in [5.41, 5.74) is 21.1. The van der Waals surface area contributed by atoms with Gasteiger partial charge in [0.15, 0.2) is 0 Å². The molecule has 0 amide bonds. The second-order valence-corrected chi connectivity index (χ2v) is 17.0. The molecule has 0 aliphatic heterocycles. The van der Waals surface area contributed by atoms with Crippen LogP contribution in [0.5, 0.6) is 0 Å². The van der Waals surface area contributed by atoms with Gasteiger partial charge >= 0.3 is 0 Å². The molecule has 9 aromatic rings. The van der Waals surface area contributed by atoms with Crippen molar-refractivity contribution in [2.45, 2.75) is 38.5 Å². The molecule has 2 aliphatic rings. The Balaban J connectivity index is 1.12. The van der Waals surface area contributed by atoms with Crippen molar-refractivity contribution in [2.75, 3.05) is 4.90 Å². The van der Waals surface area contributed by atoms with E-state index in [1.54, 1.807) is 0 Å². The minimum Gasteiger partial charge on any atom is -0.310 e. The van der Waals surface area contributed by atoms with Crippen LogP contribution in [-0.2, 0) is 10.8 Å². The van der Waals surface area contributed by atoms with Crippen LogP contribution in [-0.4, -0.2) is 4.57 Å². The molecule has 2 nitrogen and oxygen atoms in total. The average molecular weight is 745 g/mol. The van der Waals surface area contributed by atoms with Gasteiger partial charge in [-0.1, -0.05) is 167 Å². The van der Waals surface area contributed by atoms with Gasteiger partial charge in [-0.15, -0.1) is 0 Å². The molecule has 0 radical (unpaired) electrons. The molecule has 0 bridgehead atoms. The molecule has 0 spiro atoms. The third kappa shape index (κ3) is 5.11. The van der Waals surface area contributed by atoms with Gasteiger partial charge in [0.25, 0.3) is 0 Å². The van der Waals surface area contributed by atoms with E-state index in [0.717, 1.165) is 17.1 Å². The largest absolute Gasteiger partial charge is 0.310 e. The smallest absolute Gasteiger partial charge is 0.0585 e. The Morgan fingerprint density at radius 2 is 0.862 bits per heavy atom. The third-order valence-corrected chi connectivity index (χ3v) is 13.0. The first-order valence-electron chi connectivity index (χ1n) is 20.4. The maximum absolute atomic E-state index is 2.50. The molecule has 2 aliphatic carbocycles. The Morgan fingerprint density at radius 1 is 0.379 bits per heavy atom. The molecule has 278 valence electrons. The van der Waals surface area contributed by atoms with Crippen molar-refractivity contribution in [1.82, 2.24) is 4.57 Å². The van der Waals surface area contributed by atoms with E-state index in [2.05, 4.69) is 231 Å². The molecule has 2 heteroatoms. The molecule has 0 unspecified atom stereocenters. The van der Waals surface area contributed by atoms with Crippen LogP contribution in [0, 0.1) is 0 Å². The van der Waals surface area contributed by atoms with Crippen molar-refractivity contribution in [3.8, 4) is 50.3 Å². The molecule has 0 atom stereocenters. The van der Waals surface area contributed by atoms with Gasteiger partial charge in [-0.3, -0.25) is 0 Å². The summed E-state index contributed by atoms with van der Waals surface area (Å²) >= 11 is 0. The predicted octanol–water partition coefficient (Wildman–Crippen LogP) is 15.0. The van der Waals surface area contributed by atoms with Gasteiger partial charge in [0.05, 0.1) is 11.2 Å². The highest BCUT2D eigenvalue weighted by Crippen LogP contribution is 2.55. The highest BCUT2D eigenvalue weighted by molar-refractivity contribution is 6.01. The van der Waals surface area contributed by atoms with Gasteiger partial charge < -0.3 is 9.47 Å². The first-order chi connectivity index (χ1) is 28.3. The van der Waals surface area contributed by atoms with E-state index in [1.165, 1.54) is 83.5 Å². The van der Waals surface area contributed by atoms with Crippen LogP contribution in [0.4, 0.5) is 17.1 Å². The van der Waals surface area contributed by atoms with Crippen molar-refractivity contribution in [3.63, 3.8) is 0 Å². The molecule has 58 heavy (non-hydrogen) atoms. The highest BCUT2D eigenvalue weighted by Gasteiger charge is 2.41. The zero-order valence-corrected chi connectivity index (χ0v) is 33.4. The Labute approximate surface area is 341 Å². The van der Waals surface area contributed by atoms with Crippen molar-refractivity contribution in [2.24, 2.45) is 0 Å². The van der Waals surface area contributed by atoms with Crippen molar-refractivity contribution >= 4 is 28.0 Å². The molecule has 8 aromatic carbocycles. The minimum atomic E-state index is -0.191. The summed E-state index contributed by atoms with van der Waals surface area (Å²) in [4.78, 5) is 2.46. The first-order valence-corrected chi connectivity index (χ1v) is 20.4. The van der Waals surface area contributed by atoms with E-state index < -0.39 is 0 Å². The SMILES string of the molecule is CC1(C)c2ccccc2-c2ccc(N(c3ccc(-c4ccccc4)cc3)c3ccc4c(c3)c3c(n4-c4ccc(-c5ccccc5)cc4)-c4ccccc4C3(C)C)cc21. The molecular weight excluding hydrogens is 701 g/mol. The number of hydrogen-bond acceptors (Lipinski definition) is 1. The standard InChI is InChI=1S/C56H44N2/c1-55(2)49-21-13-11-19-45(49)46-33-31-44(36-51(46)55)57(41-27-23-39(24-28-41)37-15-7-5-8-16-37)43-32-34-52-48(35-43)53-54(47-20-12-14-22-50(47)56(53,3)4)58(52)42-29-25-40(26-30-42)38-17-9-6-10-18-38/h5-36H,1-4H3. The fourth-order valence-corrected chi connectivity index (χ4v) is 10.1. The number of fused-ring (bicyclic) bond motifs is 8. The maximum Gasteiger partial charge on any atom is 0.0585 e. The van der Waals surface area contributed by atoms with Crippen molar-refractivity contribution in [3.05, 3.63) is 216 Å². The van der Waals surface area contributed by atoms with E-state index in [9.17, 15) is 0 Å².